The highest BCUT2D eigenvalue weighted by Crippen LogP contribution is 2.38. The fourth-order valence-corrected chi connectivity index (χ4v) is 3.30. The van der Waals surface area contributed by atoms with E-state index in [-0.39, 0.29) is 17.6 Å². The Morgan fingerprint density at radius 3 is 2.76 bits per heavy atom. The zero-order valence-electron chi connectivity index (χ0n) is 15.0. The fourth-order valence-electron chi connectivity index (χ4n) is 3.30. The lowest BCUT2D eigenvalue weighted by Gasteiger charge is -2.40. The molecule has 1 saturated carbocycles. The summed E-state index contributed by atoms with van der Waals surface area (Å²) >= 11 is 0. The third-order valence-electron chi connectivity index (χ3n) is 5.03. The molecule has 1 heterocycles. The minimum Gasteiger partial charge on any atom is -0.497 e. The molecule has 0 saturated heterocycles. The molecule has 0 spiro atoms. The number of carbonyl (C=O) groups is 1. The van der Waals surface area contributed by atoms with Gasteiger partial charge in [-0.15, -0.1) is 0 Å². The molecule has 2 aromatic rings. The van der Waals surface area contributed by atoms with Gasteiger partial charge in [0.25, 0.3) is 0 Å². The molecule has 25 heavy (non-hydrogen) atoms. The van der Waals surface area contributed by atoms with Crippen molar-refractivity contribution in [1.29, 1.82) is 0 Å². The molecule has 1 atom stereocenters. The van der Waals surface area contributed by atoms with Crippen molar-refractivity contribution in [3.63, 3.8) is 0 Å². The summed E-state index contributed by atoms with van der Waals surface area (Å²) < 4.78 is 12.8. The van der Waals surface area contributed by atoms with Gasteiger partial charge in [-0.25, -0.2) is 4.98 Å². The van der Waals surface area contributed by atoms with E-state index in [0.717, 1.165) is 36.4 Å². The number of nitrogens with one attached hydrogen (secondary N) is 1. The second-order valence-electron chi connectivity index (χ2n) is 6.59. The van der Waals surface area contributed by atoms with Gasteiger partial charge in [0.2, 0.25) is 5.91 Å². The van der Waals surface area contributed by atoms with Crippen LogP contribution in [-0.4, -0.2) is 35.3 Å². The minimum atomic E-state index is -0.336. The number of ether oxygens (including phenoxy) is 2. The average Bonchev–Trinajstić information content (AvgIpc) is 3.02. The van der Waals surface area contributed by atoms with E-state index in [9.17, 15) is 4.79 Å². The normalized spacial score (nSPS) is 16.8. The van der Waals surface area contributed by atoms with Gasteiger partial charge in [0.1, 0.15) is 17.6 Å². The Morgan fingerprint density at radius 1 is 1.40 bits per heavy atom. The van der Waals surface area contributed by atoms with E-state index in [1.807, 2.05) is 42.1 Å². The van der Waals surface area contributed by atoms with Crippen molar-refractivity contribution < 1.29 is 14.3 Å². The number of hydrogen-bond acceptors (Lipinski definition) is 4. The lowest BCUT2D eigenvalue weighted by atomic mass is 9.77. The number of amides is 1. The van der Waals surface area contributed by atoms with Gasteiger partial charge in [0, 0.05) is 26.6 Å². The van der Waals surface area contributed by atoms with Crippen LogP contribution in [0.3, 0.4) is 0 Å². The smallest absolute Gasteiger partial charge is 0.223 e. The molecule has 0 aliphatic heterocycles. The van der Waals surface area contributed by atoms with Crippen molar-refractivity contribution in [2.75, 3.05) is 14.2 Å². The number of carbonyl (C=O) groups excluding carboxylic acids is 1. The number of nitrogens with zero attached hydrogens (tertiary/aromatic N) is 2. The van der Waals surface area contributed by atoms with Gasteiger partial charge in [-0.3, -0.25) is 4.79 Å². The first kappa shape index (κ1) is 17.5. The minimum absolute atomic E-state index is 0.0302. The summed E-state index contributed by atoms with van der Waals surface area (Å²) in [6.07, 6.45) is 6.95. The highest BCUT2D eigenvalue weighted by atomic mass is 16.5. The van der Waals surface area contributed by atoms with Crippen molar-refractivity contribution in [3.8, 4) is 5.75 Å². The van der Waals surface area contributed by atoms with Gasteiger partial charge in [0.15, 0.2) is 0 Å². The summed E-state index contributed by atoms with van der Waals surface area (Å²) in [4.78, 5) is 17.1. The van der Waals surface area contributed by atoms with Gasteiger partial charge < -0.3 is 19.4 Å². The number of aryl methyl sites for hydroxylation is 1. The van der Waals surface area contributed by atoms with Crippen LogP contribution in [-0.2, 0) is 16.6 Å². The van der Waals surface area contributed by atoms with E-state index in [4.69, 9.17) is 9.47 Å². The van der Waals surface area contributed by atoms with Crippen molar-refractivity contribution in [2.45, 2.75) is 37.3 Å². The number of aromatic nitrogens is 2. The largest absolute Gasteiger partial charge is 0.497 e. The van der Waals surface area contributed by atoms with Gasteiger partial charge in [-0.2, -0.15) is 0 Å². The SMILES string of the molecule is COc1cccc(C(NC(=O)CC2(OC)CCC2)c2nccn2C)c1. The predicted octanol–water partition coefficient (Wildman–Crippen LogP) is 2.59. The average molecular weight is 343 g/mol. The Hall–Kier alpha value is -2.34. The standard InChI is InChI=1S/C19H25N3O3/c1-22-11-10-20-18(22)17(14-6-4-7-15(12-14)24-2)21-16(23)13-19(25-3)8-5-9-19/h4,6-7,10-12,17H,5,8-9,13H2,1-3H3,(H,21,23). The summed E-state index contributed by atoms with van der Waals surface area (Å²) in [5, 5.41) is 3.13. The highest BCUT2D eigenvalue weighted by molar-refractivity contribution is 5.78. The highest BCUT2D eigenvalue weighted by Gasteiger charge is 2.39. The summed E-state index contributed by atoms with van der Waals surface area (Å²) in [7, 11) is 5.24. The molecule has 1 N–H and O–H groups in total. The molecule has 1 fully saturated rings. The second-order valence-corrected chi connectivity index (χ2v) is 6.59. The molecule has 6 nitrogen and oxygen atoms in total. The van der Waals surface area contributed by atoms with Gasteiger partial charge in [-0.1, -0.05) is 12.1 Å². The topological polar surface area (TPSA) is 65.4 Å². The van der Waals surface area contributed by atoms with E-state index in [1.165, 1.54) is 0 Å². The predicted molar refractivity (Wildman–Crippen MR) is 94.4 cm³/mol. The van der Waals surface area contributed by atoms with Crippen molar-refractivity contribution >= 4 is 5.91 Å². The second kappa shape index (κ2) is 7.27. The van der Waals surface area contributed by atoms with Crippen LogP contribution in [0.1, 0.15) is 43.1 Å². The summed E-state index contributed by atoms with van der Waals surface area (Å²) in [5.74, 6) is 1.50. The molecule has 1 unspecified atom stereocenters. The zero-order valence-corrected chi connectivity index (χ0v) is 15.0. The molecular formula is C19H25N3O3. The van der Waals surface area contributed by atoms with Crippen LogP contribution < -0.4 is 10.1 Å². The van der Waals surface area contributed by atoms with Crippen LogP contribution in [0.2, 0.25) is 0 Å². The van der Waals surface area contributed by atoms with Crippen LogP contribution in [0.25, 0.3) is 0 Å². The van der Waals surface area contributed by atoms with Gasteiger partial charge in [-0.05, 0) is 37.0 Å². The first-order valence-corrected chi connectivity index (χ1v) is 8.52. The number of rotatable bonds is 7. The molecule has 0 radical (unpaired) electrons. The first-order valence-electron chi connectivity index (χ1n) is 8.52. The molecule has 1 aromatic carbocycles. The molecular weight excluding hydrogens is 318 g/mol. The number of imidazole rings is 1. The van der Waals surface area contributed by atoms with Crippen molar-refractivity contribution in [1.82, 2.24) is 14.9 Å². The Bertz CT molecular complexity index is 732. The third-order valence-corrected chi connectivity index (χ3v) is 5.03. The number of methoxy groups -OCH3 is 2. The van der Waals surface area contributed by atoms with Crippen LogP contribution >= 0.6 is 0 Å². The Morgan fingerprint density at radius 2 is 2.20 bits per heavy atom. The maximum Gasteiger partial charge on any atom is 0.223 e. The van der Waals surface area contributed by atoms with E-state index in [0.29, 0.717) is 6.42 Å². The van der Waals surface area contributed by atoms with Crippen LogP contribution in [0.5, 0.6) is 5.75 Å². The lowest BCUT2D eigenvalue weighted by molar-refractivity contribution is -0.134. The molecule has 134 valence electrons. The van der Waals surface area contributed by atoms with Crippen molar-refractivity contribution in [2.24, 2.45) is 7.05 Å². The van der Waals surface area contributed by atoms with E-state index >= 15 is 0 Å². The summed E-state index contributed by atoms with van der Waals surface area (Å²) in [5.41, 5.74) is 0.632. The Balaban J connectivity index is 1.84. The lowest BCUT2D eigenvalue weighted by Crippen LogP contribution is -2.44. The molecule has 6 heteroatoms. The van der Waals surface area contributed by atoms with E-state index in [2.05, 4.69) is 10.3 Å². The molecule has 1 aliphatic rings. The fraction of sp³-hybridized carbons (Fsp3) is 0.474. The Labute approximate surface area is 148 Å². The van der Waals surface area contributed by atoms with E-state index < -0.39 is 0 Å². The van der Waals surface area contributed by atoms with Crippen LogP contribution in [0, 0.1) is 0 Å². The zero-order chi connectivity index (χ0) is 17.9. The third kappa shape index (κ3) is 3.69. The molecule has 1 aromatic heterocycles. The molecule has 3 rings (SSSR count). The van der Waals surface area contributed by atoms with Crippen LogP contribution in [0.15, 0.2) is 36.7 Å². The summed E-state index contributed by atoms with van der Waals surface area (Å²) in [6.45, 7) is 0. The molecule has 1 amide bonds. The maximum absolute atomic E-state index is 12.7. The molecule has 0 bridgehead atoms. The van der Waals surface area contributed by atoms with Crippen molar-refractivity contribution in [3.05, 3.63) is 48.0 Å². The van der Waals surface area contributed by atoms with Gasteiger partial charge in [0.05, 0.1) is 19.1 Å². The quantitative estimate of drug-likeness (QED) is 0.839. The monoisotopic (exact) mass is 343 g/mol. The first-order chi connectivity index (χ1) is 12.1. The maximum atomic E-state index is 12.7. The number of benzene rings is 1. The van der Waals surface area contributed by atoms with Crippen LogP contribution in [0.4, 0.5) is 0 Å². The summed E-state index contributed by atoms with van der Waals surface area (Å²) in [6, 6.07) is 7.36. The Kier molecular flexibility index (Phi) is 5.08. The van der Waals surface area contributed by atoms with E-state index in [1.54, 1.807) is 20.4 Å². The molecule has 1 aliphatic carbocycles. The van der Waals surface area contributed by atoms with Gasteiger partial charge >= 0.3 is 0 Å². The number of hydrogen-bond donors (Lipinski definition) is 1.